The number of rotatable bonds is 3. The van der Waals surface area contributed by atoms with Crippen molar-refractivity contribution in [1.29, 1.82) is 0 Å². The average molecular weight is 438 g/mol. The minimum Gasteiger partial charge on any atom is -0.468 e. The van der Waals surface area contributed by atoms with Gasteiger partial charge in [-0.05, 0) is 42.8 Å². The van der Waals surface area contributed by atoms with E-state index in [0.717, 1.165) is 10.5 Å². The van der Waals surface area contributed by atoms with Gasteiger partial charge in [-0.1, -0.05) is 58.4 Å². The van der Waals surface area contributed by atoms with E-state index >= 15 is 0 Å². The Kier molecular flexibility index (Phi) is 3.77. The number of carbonyl (C=O) groups is 2. The van der Waals surface area contributed by atoms with Crippen LogP contribution in [0.1, 0.15) is 18.2 Å². The second-order valence-electron chi connectivity index (χ2n) is 7.63. The van der Waals surface area contributed by atoms with Crippen LogP contribution in [0.4, 0.5) is 5.69 Å². The fourth-order valence-electron chi connectivity index (χ4n) is 5.29. The van der Waals surface area contributed by atoms with Crippen LogP contribution in [0.2, 0.25) is 10.0 Å². The molecule has 0 unspecified atom stereocenters. The Balaban J connectivity index is 1.77. The highest BCUT2D eigenvalue weighted by atomic mass is 35.5. The fraction of sp³-hybridized carbons (Fsp3) is 0.174. The molecule has 0 bridgehead atoms. The maximum absolute atomic E-state index is 13.8. The standard InChI is InChI=1S/C23H15Cl2N2O3/c1-21-19(28)27(17-12-15(24)11-16(25)13-17)20(29)23(21,26-2)22(21,18-9-6-10-30-18)14-7-4-3-5-8-14/h2-13H,1H3/q+1/t21-,22+,23+/m1/s1. The molecule has 2 amide bonds. The lowest BCUT2D eigenvalue weighted by atomic mass is 9.82. The normalized spacial score (nSPS) is 29.6. The fourth-order valence-corrected chi connectivity index (χ4v) is 5.81. The van der Waals surface area contributed by atoms with Crippen molar-refractivity contribution in [2.75, 3.05) is 4.90 Å². The number of imide groups is 1. The molecule has 7 heteroatoms. The molecule has 1 saturated heterocycles. The van der Waals surface area contributed by atoms with Gasteiger partial charge in [-0.15, -0.1) is 0 Å². The highest BCUT2D eigenvalue weighted by Gasteiger charge is 3.08. The summed E-state index contributed by atoms with van der Waals surface area (Å²) in [5.74, 6) is -0.535. The van der Waals surface area contributed by atoms with Crippen molar-refractivity contribution in [3.63, 3.8) is 0 Å². The van der Waals surface area contributed by atoms with Gasteiger partial charge in [0, 0.05) is 10.0 Å². The topological polar surface area (TPSA) is 54.9 Å². The van der Waals surface area contributed by atoms with Gasteiger partial charge in [0.25, 0.3) is 12.5 Å². The number of piperidine rings is 1. The van der Waals surface area contributed by atoms with E-state index in [2.05, 4.69) is 4.85 Å². The predicted molar refractivity (Wildman–Crippen MR) is 114 cm³/mol. The van der Waals surface area contributed by atoms with Gasteiger partial charge in [-0.25, -0.2) is 4.90 Å². The van der Waals surface area contributed by atoms with Gasteiger partial charge >= 0.3 is 11.4 Å². The first kappa shape index (κ1) is 18.9. The number of amides is 2. The lowest BCUT2D eigenvalue weighted by Crippen LogP contribution is -2.45. The first-order valence-electron chi connectivity index (χ1n) is 9.23. The largest absolute Gasteiger partial charge is 0.468 e. The Labute approximate surface area is 182 Å². The van der Waals surface area contributed by atoms with E-state index < -0.39 is 28.2 Å². The summed E-state index contributed by atoms with van der Waals surface area (Å²) in [5.41, 5.74) is -3.01. The summed E-state index contributed by atoms with van der Waals surface area (Å²) in [4.78, 5) is 32.8. The molecular weight excluding hydrogens is 423 g/mol. The Morgan fingerprint density at radius 2 is 1.63 bits per heavy atom. The lowest BCUT2D eigenvalue weighted by Gasteiger charge is -2.25. The van der Waals surface area contributed by atoms with Crippen LogP contribution in [0.15, 0.2) is 71.3 Å². The monoisotopic (exact) mass is 437 g/mol. The molecule has 0 spiro atoms. The van der Waals surface area contributed by atoms with Crippen LogP contribution >= 0.6 is 23.2 Å². The number of nitrogens with zero attached hydrogens (tertiary/aromatic N) is 2. The molecule has 1 aliphatic heterocycles. The quantitative estimate of drug-likeness (QED) is 0.531. The molecule has 3 aromatic rings. The molecule has 2 aromatic carbocycles. The number of carbonyl (C=O) groups excluding carboxylic acids is 2. The van der Waals surface area contributed by atoms with Gasteiger partial charge in [-0.2, -0.15) is 0 Å². The SMILES string of the molecule is C#[N+][C@@]12C(=O)N(c3cc(Cl)cc(Cl)c3)C(=O)[C@]1(C)[C@]2(c1ccccc1)c1ccco1. The van der Waals surface area contributed by atoms with Gasteiger partial charge in [0.2, 0.25) is 0 Å². The first-order valence-corrected chi connectivity index (χ1v) is 9.98. The van der Waals surface area contributed by atoms with E-state index in [4.69, 9.17) is 34.2 Å². The van der Waals surface area contributed by atoms with Gasteiger partial charge in [0.05, 0.1) is 12.0 Å². The molecule has 0 N–H and O–H groups in total. The second-order valence-corrected chi connectivity index (χ2v) is 8.50. The third kappa shape index (κ3) is 1.85. The zero-order valence-corrected chi connectivity index (χ0v) is 17.3. The third-order valence-corrected chi connectivity index (χ3v) is 6.93. The van der Waals surface area contributed by atoms with Crippen LogP contribution in [-0.4, -0.2) is 17.4 Å². The van der Waals surface area contributed by atoms with E-state index in [9.17, 15) is 9.59 Å². The zero-order valence-electron chi connectivity index (χ0n) is 15.8. The molecule has 5 nitrogen and oxygen atoms in total. The van der Waals surface area contributed by atoms with E-state index in [1.165, 1.54) is 24.5 Å². The van der Waals surface area contributed by atoms with Crippen LogP contribution < -0.4 is 4.90 Å². The second kappa shape index (κ2) is 5.98. The van der Waals surface area contributed by atoms with Crippen LogP contribution in [0.5, 0.6) is 0 Å². The summed E-state index contributed by atoms with van der Waals surface area (Å²) in [6.07, 6.45) is 1.51. The molecule has 2 aliphatic rings. The molecule has 1 aromatic heterocycles. The maximum atomic E-state index is 13.8. The van der Waals surface area contributed by atoms with E-state index in [0.29, 0.717) is 15.8 Å². The summed E-state index contributed by atoms with van der Waals surface area (Å²) >= 11 is 12.2. The highest BCUT2D eigenvalue weighted by Crippen LogP contribution is 2.81. The van der Waals surface area contributed by atoms with Crippen molar-refractivity contribution in [2.24, 2.45) is 5.41 Å². The van der Waals surface area contributed by atoms with Crippen LogP contribution in [0.3, 0.4) is 0 Å². The number of hydrogen-bond donors (Lipinski definition) is 0. The van der Waals surface area contributed by atoms with Crippen molar-refractivity contribution < 1.29 is 14.0 Å². The summed E-state index contributed by atoms with van der Waals surface area (Å²) in [7, 11) is 0. The lowest BCUT2D eigenvalue weighted by molar-refractivity contribution is -0.125. The smallest absolute Gasteiger partial charge is 0.390 e. The number of hydrogen-bond acceptors (Lipinski definition) is 3. The van der Waals surface area contributed by atoms with Crippen molar-refractivity contribution in [1.82, 2.24) is 0 Å². The zero-order chi connectivity index (χ0) is 21.3. The van der Waals surface area contributed by atoms with Crippen molar-refractivity contribution in [3.05, 3.63) is 93.1 Å². The summed E-state index contributed by atoms with van der Waals surface area (Å²) in [5, 5.41) is 0.617. The molecule has 1 aliphatic carbocycles. The Morgan fingerprint density at radius 3 is 2.17 bits per heavy atom. The van der Waals surface area contributed by atoms with Crippen LogP contribution in [0, 0.1) is 12.0 Å². The van der Waals surface area contributed by atoms with E-state index in [-0.39, 0.29) is 5.69 Å². The van der Waals surface area contributed by atoms with Crippen molar-refractivity contribution in [2.45, 2.75) is 17.9 Å². The molecule has 1 saturated carbocycles. The molecule has 148 valence electrons. The van der Waals surface area contributed by atoms with Crippen LogP contribution in [0.25, 0.3) is 4.85 Å². The third-order valence-electron chi connectivity index (χ3n) is 6.49. The molecule has 5 rings (SSSR count). The van der Waals surface area contributed by atoms with Gasteiger partial charge in [0.15, 0.2) is 10.8 Å². The molecule has 30 heavy (non-hydrogen) atoms. The molecule has 2 fully saturated rings. The number of benzene rings is 2. The Bertz CT molecular complexity index is 1230. The van der Waals surface area contributed by atoms with Gasteiger partial charge < -0.3 is 4.42 Å². The average Bonchev–Trinajstić information content (AvgIpc) is 3.03. The molecule has 2 heterocycles. The minimum atomic E-state index is -1.56. The number of halogens is 2. The van der Waals surface area contributed by atoms with E-state index in [1.54, 1.807) is 19.1 Å². The molecule has 0 radical (unpaired) electrons. The number of fused-ring (bicyclic) bond motifs is 1. The highest BCUT2D eigenvalue weighted by molar-refractivity contribution is 6.38. The molecular formula is C23H15Cl2N2O3+. The summed E-state index contributed by atoms with van der Waals surface area (Å²) in [6, 6.07) is 17.2. The molecule has 3 atom stereocenters. The maximum Gasteiger partial charge on any atom is 0.390 e. The van der Waals surface area contributed by atoms with E-state index in [1.807, 2.05) is 30.3 Å². The summed E-state index contributed by atoms with van der Waals surface area (Å²) < 4.78 is 5.74. The predicted octanol–water partition coefficient (Wildman–Crippen LogP) is 5.17. The summed E-state index contributed by atoms with van der Waals surface area (Å²) in [6.45, 7) is 7.60. The minimum absolute atomic E-state index is 0.278. The van der Waals surface area contributed by atoms with Gasteiger partial charge in [0.1, 0.15) is 5.76 Å². The first-order chi connectivity index (χ1) is 14.4. The van der Waals surface area contributed by atoms with Gasteiger partial charge in [-0.3, -0.25) is 9.59 Å². The Hall–Kier alpha value is -3.07. The van der Waals surface area contributed by atoms with Crippen LogP contribution in [-0.2, 0) is 15.0 Å². The van der Waals surface area contributed by atoms with Crippen molar-refractivity contribution >= 4 is 40.7 Å². The Morgan fingerprint density at radius 1 is 0.967 bits per heavy atom. The van der Waals surface area contributed by atoms with Crippen molar-refractivity contribution in [3.8, 4) is 6.57 Å². The number of anilines is 1. The number of furan rings is 1.